The van der Waals surface area contributed by atoms with Gasteiger partial charge in [0.05, 0.1) is 5.56 Å². The van der Waals surface area contributed by atoms with Gasteiger partial charge in [-0.2, -0.15) is 0 Å². The number of halogens is 2. The third-order valence-corrected chi connectivity index (χ3v) is 3.95. The topological polar surface area (TPSA) is 37.3 Å². The lowest BCUT2D eigenvalue weighted by molar-refractivity contribution is 0.0697. The molecule has 0 saturated carbocycles. The van der Waals surface area contributed by atoms with Crippen molar-refractivity contribution in [3.8, 4) is 0 Å². The first-order valence-corrected chi connectivity index (χ1v) is 6.86. The summed E-state index contributed by atoms with van der Waals surface area (Å²) in [6.45, 7) is 1.80. The van der Waals surface area contributed by atoms with Crippen LogP contribution in [0.3, 0.4) is 0 Å². The zero-order chi connectivity index (χ0) is 14.7. The van der Waals surface area contributed by atoms with Gasteiger partial charge in [0.2, 0.25) is 0 Å². The Morgan fingerprint density at radius 1 is 1.20 bits per heavy atom. The maximum absolute atomic E-state index is 13.5. The monoisotopic (exact) mass is 294 g/mol. The predicted molar refractivity (Wildman–Crippen MR) is 74.1 cm³/mol. The molecule has 104 valence electrons. The first-order chi connectivity index (χ1) is 9.47. The summed E-state index contributed by atoms with van der Waals surface area (Å²) in [7, 11) is 0. The van der Waals surface area contributed by atoms with Crippen LogP contribution in [0.25, 0.3) is 0 Å². The van der Waals surface area contributed by atoms with E-state index in [1.807, 2.05) is 0 Å². The van der Waals surface area contributed by atoms with Crippen LogP contribution in [0.1, 0.15) is 21.5 Å². The van der Waals surface area contributed by atoms with Crippen molar-refractivity contribution in [2.24, 2.45) is 0 Å². The molecule has 0 bridgehead atoms. The molecule has 1 N–H and O–H groups in total. The van der Waals surface area contributed by atoms with Crippen molar-refractivity contribution < 1.29 is 18.7 Å². The van der Waals surface area contributed by atoms with Crippen LogP contribution in [0.15, 0.2) is 41.3 Å². The van der Waals surface area contributed by atoms with Gasteiger partial charge in [-0.05, 0) is 48.4 Å². The van der Waals surface area contributed by atoms with Gasteiger partial charge >= 0.3 is 5.97 Å². The Kier molecular flexibility index (Phi) is 4.39. The van der Waals surface area contributed by atoms with Crippen molar-refractivity contribution in [3.05, 3.63) is 64.7 Å². The highest BCUT2D eigenvalue weighted by Crippen LogP contribution is 2.27. The first-order valence-electron chi connectivity index (χ1n) is 5.88. The number of rotatable bonds is 4. The van der Waals surface area contributed by atoms with Crippen LogP contribution < -0.4 is 0 Å². The van der Waals surface area contributed by atoms with E-state index in [4.69, 9.17) is 5.11 Å². The van der Waals surface area contributed by atoms with Gasteiger partial charge < -0.3 is 5.11 Å². The van der Waals surface area contributed by atoms with Crippen LogP contribution in [0.5, 0.6) is 0 Å². The van der Waals surface area contributed by atoms with Crippen molar-refractivity contribution in [2.75, 3.05) is 0 Å². The van der Waals surface area contributed by atoms with E-state index in [0.29, 0.717) is 5.75 Å². The summed E-state index contributed by atoms with van der Waals surface area (Å²) in [5.74, 6) is -1.47. The van der Waals surface area contributed by atoms with E-state index in [-0.39, 0.29) is 10.5 Å². The van der Waals surface area contributed by atoms with Gasteiger partial charge in [-0.15, -0.1) is 11.8 Å². The lowest BCUT2D eigenvalue weighted by Gasteiger charge is -2.07. The van der Waals surface area contributed by atoms with Gasteiger partial charge in [0.25, 0.3) is 0 Å². The maximum Gasteiger partial charge on any atom is 0.335 e. The Morgan fingerprint density at radius 3 is 2.60 bits per heavy atom. The number of hydrogen-bond acceptors (Lipinski definition) is 2. The standard InChI is InChI=1S/C15H12F2O2S/c1-9-6-10(15(18)19)2-3-11(9)8-20-14-7-12(16)4-5-13(14)17/h2-7H,8H2,1H3,(H,18,19). The van der Waals surface area contributed by atoms with Crippen LogP contribution >= 0.6 is 11.8 Å². The Morgan fingerprint density at radius 2 is 1.95 bits per heavy atom. The Bertz CT molecular complexity index is 656. The summed E-state index contributed by atoms with van der Waals surface area (Å²) in [5.41, 5.74) is 1.92. The predicted octanol–water partition coefficient (Wildman–Crippen LogP) is 4.26. The van der Waals surface area contributed by atoms with Gasteiger partial charge in [0.1, 0.15) is 11.6 Å². The molecule has 0 heterocycles. The van der Waals surface area contributed by atoms with Gasteiger partial charge in [0.15, 0.2) is 0 Å². The molecule has 2 aromatic carbocycles. The van der Waals surface area contributed by atoms with Crippen molar-refractivity contribution in [2.45, 2.75) is 17.6 Å². The van der Waals surface area contributed by atoms with Crippen LogP contribution in [0, 0.1) is 18.6 Å². The third kappa shape index (κ3) is 3.36. The molecule has 2 nitrogen and oxygen atoms in total. The minimum atomic E-state index is -0.983. The molecule has 20 heavy (non-hydrogen) atoms. The van der Waals surface area contributed by atoms with E-state index in [1.165, 1.54) is 17.8 Å². The quantitative estimate of drug-likeness (QED) is 0.856. The highest BCUT2D eigenvalue weighted by molar-refractivity contribution is 7.98. The summed E-state index contributed by atoms with van der Waals surface area (Å²) in [5, 5.41) is 8.88. The van der Waals surface area contributed by atoms with Crippen molar-refractivity contribution in [3.63, 3.8) is 0 Å². The molecule has 0 aliphatic heterocycles. The Labute approximate surface area is 119 Å². The number of benzene rings is 2. The summed E-state index contributed by atoms with van der Waals surface area (Å²) in [4.78, 5) is 11.1. The molecule has 0 fully saturated rings. The van der Waals surface area contributed by atoms with E-state index in [1.54, 1.807) is 19.1 Å². The van der Waals surface area contributed by atoms with Crippen molar-refractivity contribution in [1.82, 2.24) is 0 Å². The van der Waals surface area contributed by atoms with Crippen molar-refractivity contribution in [1.29, 1.82) is 0 Å². The highest BCUT2D eigenvalue weighted by atomic mass is 32.2. The second-order valence-corrected chi connectivity index (χ2v) is 5.33. The molecule has 2 aromatic rings. The fourth-order valence-corrected chi connectivity index (χ4v) is 2.77. The molecule has 0 unspecified atom stereocenters. The first kappa shape index (κ1) is 14.5. The molecule has 2 rings (SSSR count). The second kappa shape index (κ2) is 6.05. The minimum absolute atomic E-state index is 0.216. The molecule has 5 heteroatoms. The number of hydrogen-bond donors (Lipinski definition) is 1. The molecule has 0 amide bonds. The lowest BCUT2D eigenvalue weighted by Crippen LogP contribution is -1.98. The second-order valence-electron chi connectivity index (χ2n) is 4.31. The molecule has 0 spiro atoms. The molecule has 0 aliphatic rings. The molecular weight excluding hydrogens is 282 g/mol. The van der Waals surface area contributed by atoms with E-state index < -0.39 is 17.6 Å². The van der Waals surface area contributed by atoms with Crippen LogP contribution in [-0.2, 0) is 5.75 Å². The third-order valence-electron chi connectivity index (χ3n) is 2.87. The fraction of sp³-hybridized carbons (Fsp3) is 0.133. The van der Waals surface area contributed by atoms with E-state index in [0.717, 1.165) is 29.3 Å². The summed E-state index contributed by atoms with van der Waals surface area (Å²) in [6, 6.07) is 8.10. The molecular formula is C15H12F2O2S. The summed E-state index contributed by atoms with van der Waals surface area (Å²) < 4.78 is 26.5. The van der Waals surface area contributed by atoms with Crippen LogP contribution in [0.2, 0.25) is 0 Å². The average Bonchev–Trinajstić information content (AvgIpc) is 2.40. The van der Waals surface area contributed by atoms with Gasteiger partial charge in [-0.3, -0.25) is 0 Å². The Balaban J connectivity index is 2.15. The minimum Gasteiger partial charge on any atom is -0.478 e. The molecule has 0 aromatic heterocycles. The van der Waals surface area contributed by atoms with E-state index in [9.17, 15) is 13.6 Å². The highest BCUT2D eigenvalue weighted by Gasteiger charge is 2.08. The zero-order valence-electron chi connectivity index (χ0n) is 10.7. The number of carboxylic acid groups (broad SMARTS) is 1. The molecule has 0 radical (unpaired) electrons. The lowest BCUT2D eigenvalue weighted by atomic mass is 10.1. The van der Waals surface area contributed by atoms with E-state index in [2.05, 4.69) is 0 Å². The SMILES string of the molecule is Cc1cc(C(=O)O)ccc1CSc1cc(F)ccc1F. The molecule has 0 aliphatic carbocycles. The number of carbonyl (C=O) groups is 1. The Hall–Kier alpha value is -1.88. The summed E-state index contributed by atoms with van der Waals surface area (Å²) in [6.07, 6.45) is 0. The number of carboxylic acids is 1. The average molecular weight is 294 g/mol. The van der Waals surface area contributed by atoms with Gasteiger partial charge in [0, 0.05) is 10.6 Å². The van der Waals surface area contributed by atoms with Crippen LogP contribution in [0.4, 0.5) is 8.78 Å². The zero-order valence-corrected chi connectivity index (χ0v) is 11.5. The molecule has 0 saturated heterocycles. The summed E-state index contributed by atoms with van der Waals surface area (Å²) >= 11 is 1.18. The number of thioether (sulfide) groups is 1. The number of aromatic carboxylic acids is 1. The van der Waals surface area contributed by atoms with Gasteiger partial charge in [-0.1, -0.05) is 6.07 Å². The smallest absolute Gasteiger partial charge is 0.335 e. The van der Waals surface area contributed by atoms with E-state index >= 15 is 0 Å². The molecule has 0 atom stereocenters. The number of aryl methyl sites for hydroxylation is 1. The largest absolute Gasteiger partial charge is 0.478 e. The fourth-order valence-electron chi connectivity index (χ4n) is 1.73. The maximum atomic E-state index is 13.5. The van der Waals surface area contributed by atoms with Crippen molar-refractivity contribution >= 4 is 17.7 Å². The van der Waals surface area contributed by atoms with Crippen LogP contribution in [-0.4, -0.2) is 11.1 Å². The van der Waals surface area contributed by atoms with Gasteiger partial charge in [-0.25, -0.2) is 13.6 Å². The normalized spacial score (nSPS) is 10.6.